The Labute approximate surface area is 127 Å². The van der Waals surface area contributed by atoms with Gasteiger partial charge in [0, 0.05) is 5.57 Å². The van der Waals surface area contributed by atoms with E-state index in [1.54, 1.807) is 12.1 Å². The normalized spacial score (nSPS) is 20.0. The Morgan fingerprint density at radius 2 is 2.05 bits per heavy atom. The van der Waals surface area contributed by atoms with Crippen molar-refractivity contribution in [3.05, 3.63) is 53.1 Å². The average Bonchev–Trinajstić information content (AvgIpc) is 2.47. The third kappa shape index (κ3) is 2.36. The maximum atomic E-state index is 13.1. The lowest BCUT2D eigenvalue weighted by atomic mass is 9.92. The van der Waals surface area contributed by atoms with Gasteiger partial charge < -0.3 is 10.5 Å². The molecule has 0 saturated heterocycles. The molecule has 1 aromatic carbocycles. The van der Waals surface area contributed by atoms with Gasteiger partial charge in [0.05, 0.1) is 23.6 Å². The number of ether oxygens (including phenoxy) is 1. The molecule has 6 heteroatoms. The van der Waals surface area contributed by atoms with Gasteiger partial charge in [0.2, 0.25) is 0 Å². The summed E-state index contributed by atoms with van der Waals surface area (Å²) in [4.78, 5) is 0. The Balaban J connectivity index is 2.11. The van der Waals surface area contributed by atoms with E-state index in [1.165, 1.54) is 17.1 Å². The fourth-order valence-electron chi connectivity index (χ4n) is 2.42. The molecule has 3 rings (SSSR count). The predicted octanol–water partition coefficient (Wildman–Crippen LogP) is 2.43. The van der Waals surface area contributed by atoms with Crippen molar-refractivity contribution in [3.8, 4) is 6.07 Å². The number of halogens is 1. The molecular weight excluding hydrogens is 283 g/mol. The molecule has 2 aliphatic heterocycles. The van der Waals surface area contributed by atoms with Crippen LogP contribution >= 0.6 is 0 Å². The highest BCUT2D eigenvalue weighted by atomic mass is 19.1. The third-order valence-electron chi connectivity index (χ3n) is 3.54. The van der Waals surface area contributed by atoms with Gasteiger partial charge in [-0.15, -0.1) is 0 Å². The van der Waals surface area contributed by atoms with Gasteiger partial charge in [-0.1, -0.05) is 0 Å². The van der Waals surface area contributed by atoms with Crippen LogP contribution in [-0.2, 0) is 4.74 Å². The molecule has 0 bridgehead atoms. The number of hydrogen-bond donors (Lipinski definition) is 1. The molecule has 1 aromatic rings. The van der Waals surface area contributed by atoms with Gasteiger partial charge >= 0.3 is 0 Å². The highest BCUT2D eigenvalue weighted by Crippen LogP contribution is 2.32. The Bertz CT molecular complexity index is 753. The molecule has 0 amide bonds. The monoisotopic (exact) mass is 298 g/mol. The van der Waals surface area contributed by atoms with Crippen LogP contribution in [0.5, 0.6) is 0 Å². The van der Waals surface area contributed by atoms with E-state index in [1.807, 2.05) is 19.9 Å². The minimum atomic E-state index is -0.477. The van der Waals surface area contributed by atoms with E-state index in [4.69, 9.17) is 10.5 Å². The lowest BCUT2D eigenvalue weighted by Crippen LogP contribution is -2.39. The number of hydrogen-bond acceptors (Lipinski definition) is 5. The number of allylic oxidation sites excluding steroid dienone is 1. The summed E-state index contributed by atoms with van der Waals surface area (Å²) < 4.78 is 18.8. The van der Waals surface area contributed by atoms with Crippen LogP contribution in [0.2, 0.25) is 0 Å². The Hall–Kier alpha value is -2.65. The van der Waals surface area contributed by atoms with Gasteiger partial charge in [-0.25, -0.2) is 9.40 Å². The highest BCUT2D eigenvalue weighted by Gasteiger charge is 2.33. The highest BCUT2D eigenvalue weighted by molar-refractivity contribution is 6.08. The quantitative estimate of drug-likeness (QED) is 0.864. The van der Waals surface area contributed by atoms with Crippen molar-refractivity contribution in [3.63, 3.8) is 0 Å². The first kappa shape index (κ1) is 14.3. The van der Waals surface area contributed by atoms with Gasteiger partial charge in [0.25, 0.3) is 0 Å². The number of nitrogens with two attached hydrogens (primary N) is 1. The van der Waals surface area contributed by atoms with Gasteiger partial charge in [-0.2, -0.15) is 10.4 Å². The van der Waals surface area contributed by atoms with Gasteiger partial charge in [0.1, 0.15) is 23.3 Å². The van der Waals surface area contributed by atoms with E-state index in [2.05, 4.69) is 11.2 Å². The number of hydrazone groups is 1. The predicted molar refractivity (Wildman–Crippen MR) is 81.3 cm³/mol. The molecule has 0 aromatic heterocycles. The number of nitrogens with zero attached hydrogens (tertiary/aromatic N) is 3. The molecule has 0 atom stereocenters. The number of anilines is 1. The second-order valence-electron chi connectivity index (χ2n) is 5.66. The SMILES string of the molecule is CC1(C)C=C2C(=NN(c3ccc(F)cc3)C(N)=C2C#N)CO1. The zero-order chi connectivity index (χ0) is 15.9. The smallest absolute Gasteiger partial charge is 0.144 e. The maximum absolute atomic E-state index is 13.1. The first-order valence-corrected chi connectivity index (χ1v) is 6.82. The molecule has 2 N–H and O–H groups in total. The molecule has 0 saturated carbocycles. The van der Waals surface area contributed by atoms with Crippen molar-refractivity contribution < 1.29 is 9.13 Å². The van der Waals surface area contributed by atoms with Crippen molar-refractivity contribution in [2.45, 2.75) is 19.4 Å². The van der Waals surface area contributed by atoms with Crippen LogP contribution in [0.15, 0.2) is 52.4 Å². The van der Waals surface area contributed by atoms with Gasteiger partial charge in [0.15, 0.2) is 0 Å². The van der Waals surface area contributed by atoms with E-state index >= 15 is 0 Å². The van der Waals surface area contributed by atoms with Crippen LogP contribution < -0.4 is 10.7 Å². The Morgan fingerprint density at radius 3 is 2.68 bits per heavy atom. The molecular formula is C16H15FN4O. The van der Waals surface area contributed by atoms with E-state index in [0.29, 0.717) is 22.5 Å². The van der Waals surface area contributed by atoms with Crippen molar-refractivity contribution in [2.24, 2.45) is 10.8 Å². The van der Waals surface area contributed by atoms with Crippen LogP contribution in [0.25, 0.3) is 0 Å². The molecule has 2 aliphatic rings. The molecule has 0 aliphatic carbocycles. The van der Waals surface area contributed by atoms with Crippen molar-refractivity contribution in [2.75, 3.05) is 11.6 Å². The van der Waals surface area contributed by atoms with E-state index < -0.39 is 5.60 Å². The Kier molecular flexibility index (Phi) is 3.23. The summed E-state index contributed by atoms with van der Waals surface area (Å²) in [5.74, 6) is -0.124. The molecule has 22 heavy (non-hydrogen) atoms. The second kappa shape index (κ2) is 4.97. The minimum Gasteiger partial charge on any atom is -0.383 e. The van der Waals surface area contributed by atoms with E-state index in [-0.39, 0.29) is 18.2 Å². The third-order valence-corrected chi connectivity index (χ3v) is 3.54. The fraction of sp³-hybridized carbons (Fsp3) is 0.250. The van der Waals surface area contributed by atoms with Crippen molar-refractivity contribution in [1.82, 2.24) is 0 Å². The minimum absolute atomic E-state index is 0.224. The number of benzene rings is 1. The summed E-state index contributed by atoms with van der Waals surface area (Å²) in [7, 11) is 0. The molecule has 5 nitrogen and oxygen atoms in total. The lowest BCUT2D eigenvalue weighted by Gasteiger charge is -2.34. The van der Waals surface area contributed by atoms with E-state index in [0.717, 1.165) is 0 Å². The van der Waals surface area contributed by atoms with Crippen LogP contribution in [0.4, 0.5) is 10.1 Å². The lowest BCUT2D eigenvalue weighted by molar-refractivity contribution is 0.0409. The molecule has 112 valence electrons. The molecule has 0 radical (unpaired) electrons. The van der Waals surface area contributed by atoms with Gasteiger partial charge in [-0.3, -0.25) is 0 Å². The van der Waals surface area contributed by atoms with E-state index in [9.17, 15) is 9.65 Å². The van der Waals surface area contributed by atoms with Crippen molar-refractivity contribution >= 4 is 11.4 Å². The summed E-state index contributed by atoms with van der Waals surface area (Å²) in [5.41, 5.74) is 7.90. The topological polar surface area (TPSA) is 74.6 Å². The summed E-state index contributed by atoms with van der Waals surface area (Å²) in [5, 5.41) is 15.4. The Morgan fingerprint density at radius 1 is 1.36 bits per heavy atom. The summed E-state index contributed by atoms with van der Waals surface area (Å²) >= 11 is 0. The fourth-order valence-corrected chi connectivity index (χ4v) is 2.42. The largest absolute Gasteiger partial charge is 0.383 e. The zero-order valence-corrected chi connectivity index (χ0v) is 12.3. The number of fused-ring (bicyclic) bond motifs is 1. The molecule has 0 spiro atoms. The van der Waals surface area contributed by atoms with Gasteiger partial charge in [-0.05, 0) is 44.2 Å². The molecule has 0 fully saturated rings. The maximum Gasteiger partial charge on any atom is 0.144 e. The number of rotatable bonds is 1. The second-order valence-corrected chi connectivity index (χ2v) is 5.66. The van der Waals surface area contributed by atoms with Crippen LogP contribution in [0.1, 0.15) is 13.8 Å². The summed E-state index contributed by atoms with van der Waals surface area (Å²) in [6.45, 7) is 4.11. The first-order valence-electron chi connectivity index (χ1n) is 6.82. The standard InChI is InChI=1S/C16H15FN4O/c1-16(2)7-12-13(8-18)15(19)21(20-14(12)9-22-16)11-5-3-10(17)4-6-11/h3-7H,9,19H2,1-2H3. The van der Waals surface area contributed by atoms with Crippen LogP contribution in [0.3, 0.4) is 0 Å². The average molecular weight is 298 g/mol. The number of nitriles is 1. The zero-order valence-electron chi connectivity index (χ0n) is 12.3. The van der Waals surface area contributed by atoms with Crippen molar-refractivity contribution in [1.29, 1.82) is 5.26 Å². The summed E-state index contributed by atoms with van der Waals surface area (Å²) in [6.07, 6.45) is 1.85. The molecule has 0 unspecified atom stereocenters. The van der Waals surface area contributed by atoms with Crippen LogP contribution in [-0.4, -0.2) is 17.9 Å². The van der Waals surface area contributed by atoms with Crippen LogP contribution in [0, 0.1) is 17.1 Å². The first-order chi connectivity index (χ1) is 10.4. The summed E-state index contributed by atoms with van der Waals surface area (Å²) in [6, 6.07) is 7.89. The molecule has 2 heterocycles.